The first-order valence-corrected chi connectivity index (χ1v) is 10.4. The van der Waals surface area contributed by atoms with Crippen LogP contribution in [-0.4, -0.2) is 66.0 Å². The van der Waals surface area contributed by atoms with Gasteiger partial charge in [-0.2, -0.15) is 0 Å². The van der Waals surface area contributed by atoms with Crippen molar-refractivity contribution in [3.05, 3.63) is 53.2 Å². The molecule has 9 heteroatoms. The highest BCUT2D eigenvalue weighted by Crippen LogP contribution is 2.36. The lowest BCUT2D eigenvalue weighted by Crippen LogP contribution is -2.26. The van der Waals surface area contributed by atoms with E-state index in [2.05, 4.69) is 15.2 Å². The molecular formula is C23H28N4O5. The number of phenolic OH excluding ortho intramolecular Hbond substituents is 2. The number of carboxylic acid groups (broad SMARTS) is 1. The van der Waals surface area contributed by atoms with E-state index in [0.717, 1.165) is 12.1 Å². The summed E-state index contributed by atoms with van der Waals surface area (Å²) < 4.78 is 1.28. The fourth-order valence-corrected chi connectivity index (χ4v) is 3.58. The van der Waals surface area contributed by atoms with Crippen molar-refractivity contribution in [3.63, 3.8) is 0 Å². The van der Waals surface area contributed by atoms with E-state index in [9.17, 15) is 25.2 Å². The zero-order valence-electron chi connectivity index (χ0n) is 18.4. The molecule has 1 aromatic heterocycles. The third-order valence-electron chi connectivity index (χ3n) is 5.34. The average Bonchev–Trinajstić information content (AvgIpc) is 3.19. The summed E-state index contributed by atoms with van der Waals surface area (Å²) in [5, 5.41) is 47.3. The van der Waals surface area contributed by atoms with E-state index >= 15 is 0 Å². The molecule has 0 saturated heterocycles. The van der Waals surface area contributed by atoms with Gasteiger partial charge in [0.05, 0.1) is 6.61 Å². The van der Waals surface area contributed by atoms with Gasteiger partial charge in [-0.15, -0.1) is 5.10 Å². The summed E-state index contributed by atoms with van der Waals surface area (Å²) in [4.78, 5) is 13.9. The lowest BCUT2D eigenvalue weighted by Gasteiger charge is -2.19. The van der Waals surface area contributed by atoms with Crippen LogP contribution in [0.5, 0.6) is 11.5 Å². The van der Waals surface area contributed by atoms with E-state index in [0.29, 0.717) is 24.2 Å². The number of aliphatic hydroxyl groups excluding tert-OH is 1. The fourth-order valence-electron chi connectivity index (χ4n) is 3.58. The summed E-state index contributed by atoms with van der Waals surface area (Å²) in [7, 11) is 0. The second kappa shape index (κ2) is 9.80. The molecule has 0 spiro atoms. The van der Waals surface area contributed by atoms with Crippen LogP contribution in [0.3, 0.4) is 0 Å². The molecule has 0 saturated carbocycles. The van der Waals surface area contributed by atoms with E-state index in [4.69, 9.17) is 0 Å². The second-order valence-electron chi connectivity index (χ2n) is 7.85. The highest BCUT2D eigenvalue weighted by atomic mass is 16.4. The SMILES string of the molecule is CCN(CCO)Cc1ccc(-c2c(C(=O)O)nnn2-c2cc(C(C)C)c(O)cc2O)cc1. The zero-order chi connectivity index (χ0) is 23.4. The summed E-state index contributed by atoms with van der Waals surface area (Å²) in [5.74, 6) is -1.55. The molecule has 3 rings (SSSR count). The normalized spacial score (nSPS) is 11.4. The maximum atomic E-state index is 11.8. The van der Waals surface area contributed by atoms with Crippen LogP contribution in [0.25, 0.3) is 16.9 Å². The van der Waals surface area contributed by atoms with Gasteiger partial charge in [0.15, 0.2) is 5.69 Å². The Kier molecular flexibility index (Phi) is 7.12. The lowest BCUT2D eigenvalue weighted by molar-refractivity contribution is 0.0691. The zero-order valence-corrected chi connectivity index (χ0v) is 18.4. The molecule has 0 atom stereocenters. The van der Waals surface area contributed by atoms with Crippen LogP contribution in [0.2, 0.25) is 0 Å². The molecule has 1 heterocycles. The number of carbonyl (C=O) groups is 1. The highest BCUT2D eigenvalue weighted by molar-refractivity contribution is 5.93. The number of aromatic carboxylic acids is 1. The molecule has 0 amide bonds. The van der Waals surface area contributed by atoms with Gasteiger partial charge in [-0.05, 0) is 29.7 Å². The Morgan fingerprint density at radius 1 is 1.12 bits per heavy atom. The molecular weight excluding hydrogens is 412 g/mol. The van der Waals surface area contributed by atoms with Crippen LogP contribution < -0.4 is 0 Å². The number of aromatic nitrogens is 3. The standard InChI is InChI=1S/C23H28N4O5/c1-4-26(9-10-28)13-15-5-7-16(8-6-15)22-21(23(31)32)24-25-27(22)18-11-17(14(2)3)19(29)12-20(18)30/h5-8,11-12,14,28-30H,4,9-10,13H2,1-3H3,(H,31,32). The average molecular weight is 441 g/mol. The molecule has 0 radical (unpaired) electrons. The molecule has 0 unspecified atom stereocenters. The number of likely N-dealkylation sites (N-methyl/N-ethyl adjacent to an activating group) is 1. The van der Waals surface area contributed by atoms with Crippen LogP contribution >= 0.6 is 0 Å². The minimum Gasteiger partial charge on any atom is -0.508 e. The Bertz CT molecular complexity index is 1090. The maximum absolute atomic E-state index is 11.8. The Labute approximate surface area is 186 Å². The van der Waals surface area contributed by atoms with Gasteiger partial charge in [-0.1, -0.05) is 50.3 Å². The number of carboxylic acids is 1. The minimum atomic E-state index is -1.24. The number of aliphatic hydroxyl groups is 1. The lowest BCUT2D eigenvalue weighted by atomic mass is 10.0. The van der Waals surface area contributed by atoms with Crippen LogP contribution in [0.1, 0.15) is 48.3 Å². The molecule has 3 aromatic rings. The number of rotatable bonds is 9. The molecule has 32 heavy (non-hydrogen) atoms. The van der Waals surface area contributed by atoms with Crippen molar-refractivity contribution in [2.45, 2.75) is 33.2 Å². The van der Waals surface area contributed by atoms with Crippen molar-refractivity contribution in [2.24, 2.45) is 0 Å². The number of hydrogen-bond donors (Lipinski definition) is 4. The first-order chi connectivity index (χ1) is 15.3. The van der Waals surface area contributed by atoms with Crippen molar-refractivity contribution < 1.29 is 25.2 Å². The Morgan fingerprint density at radius 3 is 2.38 bits per heavy atom. The van der Waals surface area contributed by atoms with Gasteiger partial charge < -0.3 is 20.4 Å². The summed E-state index contributed by atoms with van der Waals surface area (Å²) in [5.41, 5.74) is 2.38. The first kappa shape index (κ1) is 23.2. The van der Waals surface area contributed by atoms with E-state index < -0.39 is 5.97 Å². The smallest absolute Gasteiger partial charge is 0.358 e. The molecule has 0 aliphatic rings. The van der Waals surface area contributed by atoms with Gasteiger partial charge in [-0.3, -0.25) is 4.90 Å². The van der Waals surface area contributed by atoms with Crippen molar-refractivity contribution in [1.82, 2.24) is 19.9 Å². The predicted octanol–water partition coefficient (Wildman–Crippen LogP) is 2.98. The van der Waals surface area contributed by atoms with Crippen molar-refractivity contribution in [3.8, 4) is 28.4 Å². The topological polar surface area (TPSA) is 132 Å². The Morgan fingerprint density at radius 2 is 1.81 bits per heavy atom. The Hall–Kier alpha value is -3.43. The number of aromatic hydroxyl groups is 2. The third-order valence-corrected chi connectivity index (χ3v) is 5.34. The molecule has 0 fully saturated rings. The van der Waals surface area contributed by atoms with Gasteiger partial charge in [0.25, 0.3) is 0 Å². The van der Waals surface area contributed by atoms with Crippen LogP contribution in [0.4, 0.5) is 0 Å². The van der Waals surface area contributed by atoms with E-state index in [-0.39, 0.29) is 41.1 Å². The minimum absolute atomic E-state index is 0.0278. The van der Waals surface area contributed by atoms with E-state index in [1.54, 1.807) is 18.2 Å². The Balaban J connectivity index is 2.08. The number of hydrogen-bond acceptors (Lipinski definition) is 7. The number of nitrogens with zero attached hydrogens (tertiary/aromatic N) is 4. The monoisotopic (exact) mass is 440 g/mol. The molecule has 0 aliphatic carbocycles. The molecule has 9 nitrogen and oxygen atoms in total. The van der Waals surface area contributed by atoms with Gasteiger partial charge >= 0.3 is 5.97 Å². The molecule has 170 valence electrons. The number of benzene rings is 2. The van der Waals surface area contributed by atoms with Crippen LogP contribution in [-0.2, 0) is 6.54 Å². The molecule has 2 aromatic carbocycles. The summed E-state index contributed by atoms with van der Waals surface area (Å²) in [6.07, 6.45) is 0. The quantitative estimate of drug-likeness (QED) is 0.399. The first-order valence-electron chi connectivity index (χ1n) is 10.4. The van der Waals surface area contributed by atoms with E-state index in [1.807, 2.05) is 32.9 Å². The molecule has 4 N–H and O–H groups in total. The van der Waals surface area contributed by atoms with Crippen molar-refractivity contribution in [2.75, 3.05) is 19.7 Å². The van der Waals surface area contributed by atoms with Gasteiger partial charge in [0, 0.05) is 24.7 Å². The maximum Gasteiger partial charge on any atom is 0.358 e. The van der Waals surface area contributed by atoms with Crippen molar-refractivity contribution in [1.29, 1.82) is 0 Å². The van der Waals surface area contributed by atoms with Gasteiger partial charge in [0.2, 0.25) is 0 Å². The summed E-state index contributed by atoms with van der Waals surface area (Å²) >= 11 is 0. The van der Waals surface area contributed by atoms with E-state index in [1.165, 1.54) is 10.7 Å². The second-order valence-corrected chi connectivity index (χ2v) is 7.85. The summed E-state index contributed by atoms with van der Waals surface area (Å²) in [6, 6.07) is 10.1. The fraction of sp³-hybridized carbons (Fsp3) is 0.348. The summed E-state index contributed by atoms with van der Waals surface area (Å²) in [6.45, 7) is 7.90. The predicted molar refractivity (Wildman–Crippen MR) is 119 cm³/mol. The molecule has 0 aliphatic heterocycles. The van der Waals surface area contributed by atoms with Crippen LogP contribution in [0.15, 0.2) is 36.4 Å². The van der Waals surface area contributed by atoms with Crippen LogP contribution in [0, 0.1) is 0 Å². The molecule has 0 bridgehead atoms. The third kappa shape index (κ3) is 4.74. The van der Waals surface area contributed by atoms with Gasteiger partial charge in [-0.25, -0.2) is 9.48 Å². The van der Waals surface area contributed by atoms with Gasteiger partial charge in [0.1, 0.15) is 22.9 Å². The van der Waals surface area contributed by atoms with Crippen molar-refractivity contribution >= 4 is 5.97 Å². The number of phenols is 2. The largest absolute Gasteiger partial charge is 0.508 e. The highest BCUT2D eigenvalue weighted by Gasteiger charge is 2.24.